The highest BCUT2D eigenvalue weighted by Crippen LogP contribution is 2.45. The minimum absolute atomic E-state index is 0.0343. The number of methoxy groups -OCH3 is 2. The van der Waals surface area contributed by atoms with Crippen LogP contribution in [0.25, 0.3) is 5.76 Å². The van der Waals surface area contributed by atoms with Crippen molar-refractivity contribution in [3.8, 4) is 17.2 Å². The van der Waals surface area contributed by atoms with E-state index in [1.807, 2.05) is 0 Å². The van der Waals surface area contributed by atoms with Crippen molar-refractivity contribution in [2.75, 3.05) is 19.1 Å². The molecular formula is C25H20BrNO6. The summed E-state index contributed by atoms with van der Waals surface area (Å²) in [5.41, 5.74) is 1.18. The largest absolute Gasteiger partial charge is 0.508 e. The number of carbonyl (C=O) groups is 2. The Labute approximate surface area is 198 Å². The summed E-state index contributed by atoms with van der Waals surface area (Å²) in [6.07, 6.45) is 0. The number of aliphatic hydroxyl groups is 1. The first-order valence-electron chi connectivity index (χ1n) is 9.94. The Morgan fingerprint density at radius 2 is 1.61 bits per heavy atom. The summed E-state index contributed by atoms with van der Waals surface area (Å²) in [5.74, 6) is -0.971. The van der Waals surface area contributed by atoms with E-state index >= 15 is 0 Å². The number of phenols is 1. The summed E-state index contributed by atoms with van der Waals surface area (Å²) >= 11 is 3.38. The molecule has 1 aliphatic heterocycles. The van der Waals surface area contributed by atoms with Gasteiger partial charge in [-0.1, -0.05) is 24.3 Å². The van der Waals surface area contributed by atoms with E-state index < -0.39 is 17.7 Å². The molecule has 0 saturated carbocycles. The molecular weight excluding hydrogens is 490 g/mol. The zero-order valence-electron chi connectivity index (χ0n) is 17.8. The fourth-order valence-electron chi connectivity index (χ4n) is 3.85. The maximum absolute atomic E-state index is 13.2. The molecule has 4 rings (SSSR count). The average molecular weight is 510 g/mol. The Kier molecular flexibility index (Phi) is 6.11. The number of para-hydroxylation sites is 2. The fourth-order valence-corrected chi connectivity index (χ4v) is 4.39. The zero-order valence-corrected chi connectivity index (χ0v) is 19.4. The molecule has 1 unspecified atom stereocenters. The van der Waals surface area contributed by atoms with Crippen LogP contribution in [0.4, 0.5) is 5.69 Å². The minimum atomic E-state index is -0.942. The van der Waals surface area contributed by atoms with E-state index in [4.69, 9.17) is 9.47 Å². The molecule has 33 heavy (non-hydrogen) atoms. The lowest BCUT2D eigenvalue weighted by atomic mass is 9.95. The van der Waals surface area contributed by atoms with Gasteiger partial charge in [0.1, 0.15) is 23.0 Å². The van der Waals surface area contributed by atoms with Crippen molar-refractivity contribution in [1.82, 2.24) is 0 Å². The van der Waals surface area contributed by atoms with Gasteiger partial charge >= 0.3 is 0 Å². The SMILES string of the molecule is COc1ccc(/C(O)=C2/C(=O)C(=O)N(c3ccccc3OC)C2c2ccc(O)cc2)cc1Br. The van der Waals surface area contributed by atoms with Gasteiger partial charge in [-0.05, 0) is 64.0 Å². The van der Waals surface area contributed by atoms with E-state index in [1.54, 1.807) is 54.6 Å². The molecule has 0 spiro atoms. The highest BCUT2D eigenvalue weighted by molar-refractivity contribution is 9.10. The van der Waals surface area contributed by atoms with Crippen LogP contribution in [0, 0.1) is 0 Å². The number of nitrogens with zero attached hydrogens (tertiary/aromatic N) is 1. The number of Topliss-reactive ketones (excluding diaryl/α,β-unsaturated/α-hetero) is 1. The van der Waals surface area contributed by atoms with Gasteiger partial charge in [0.25, 0.3) is 11.7 Å². The lowest BCUT2D eigenvalue weighted by molar-refractivity contribution is -0.132. The number of amides is 1. The molecule has 0 radical (unpaired) electrons. The van der Waals surface area contributed by atoms with Crippen molar-refractivity contribution >= 4 is 39.1 Å². The molecule has 1 heterocycles. The number of phenolic OH excluding ortho intramolecular Hbond substituents is 1. The maximum atomic E-state index is 13.2. The van der Waals surface area contributed by atoms with Gasteiger partial charge in [0.15, 0.2) is 0 Å². The van der Waals surface area contributed by atoms with Crippen LogP contribution in [-0.4, -0.2) is 36.1 Å². The summed E-state index contributed by atoms with van der Waals surface area (Å²) in [6.45, 7) is 0. The third-order valence-corrected chi connectivity index (χ3v) is 6.04. The van der Waals surface area contributed by atoms with E-state index in [9.17, 15) is 19.8 Å². The Bertz CT molecular complexity index is 1270. The number of hydrogen-bond acceptors (Lipinski definition) is 6. The van der Waals surface area contributed by atoms with Gasteiger partial charge in [-0.2, -0.15) is 0 Å². The highest BCUT2D eigenvalue weighted by atomic mass is 79.9. The first kappa shape index (κ1) is 22.4. The molecule has 168 valence electrons. The lowest BCUT2D eigenvalue weighted by Crippen LogP contribution is -2.29. The summed E-state index contributed by atoms with van der Waals surface area (Å²) < 4.78 is 11.2. The second-order valence-electron chi connectivity index (χ2n) is 7.28. The van der Waals surface area contributed by atoms with Crippen LogP contribution in [0.5, 0.6) is 17.2 Å². The molecule has 3 aromatic rings. The third-order valence-electron chi connectivity index (χ3n) is 5.42. The van der Waals surface area contributed by atoms with Crippen molar-refractivity contribution in [1.29, 1.82) is 0 Å². The molecule has 7 nitrogen and oxygen atoms in total. The Morgan fingerprint density at radius 3 is 2.24 bits per heavy atom. The van der Waals surface area contributed by atoms with E-state index in [0.717, 1.165) is 0 Å². The number of rotatable bonds is 5. The minimum Gasteiger partial charge on any atom is -0.508 e. The molecule has 0 aliphatic carbocycles. The van der Waals surface area contributed by atoms with Crippen LogP contribution < -0.4 is 14.4 Å². The van der Waals surface area contributed by atoms with Crippen molar-refractivity contribution in [3.05, 3.63) is 87.9 Å². The van der Waals surface area contributed by atoms with Crippen molar-refractivity contribution < 1.29 is 29.3 Å². The molecule has 2 N–H and O–H groups in total. The predicted octanol–water partition coefficient (Wildman–Crippen LogP) is 4.80. The molecule has 1 aliphatic rings. The van der Waals surface area contributed by atoms with Crippen LogP contribution in [0.2, 0.25) is 0 Å². The summed E-state index contributed by atoms with van der Waals surface area (Å²) in [7, 11) is 2.99. The average Bonchev–Trinajstić information content (AvgIpc) is 3.09. The number of aromatic hydroxyl groups is 1. The summed E-state index contributed by atoms with van der Waals surface area (Å²) in [5, 5.41) is 21.0. The molecule has 1 atom stereocenters. The number of aliphatic hydroxyl groups excluding tert-OH is 1. The molecule has 3 aromatic carbocycles. The van der Waals surface area contributed by atoms with Gasteiger partial charge in [-0.3, -0.25) is 14.5 Å². The number of halogens is 1. The molecule has 0 bridgehead atoms. The Balaban J connectivity index is 1.96. The summed E-state index contributed by atoms with van der Waals surface area (Å²) in [4.78, 5) is 27.8. The molecule has 1 saturated heterocycles. The normalized spacial score (nSPS) is 17.3. The number of carbonyl (C=O) groups excluding carboxylic acids is 2. The standard InChI is InChI=1S/C25H20BrNO6/c1-32-19-12-9-15(13-17(19)26)23(29)21-22(14-7-10-16(28)11-8-14)27(25(31)24(21)30)18-5-3-4-6-20(18)33-2/h3-13,22,28-29H,1-2H3/b23-21-. The smallest absolute Gasteiger partial charge is 0.300 e. The molecule has 1 fully saturated rings. The molecule has 0 aromatic heterocycles. The molecule has 1 amide bonds. The number of benzene rings is 3. The van der Waals surface area contributed by atoms with E-state index in [-0.39, 0.29) is 17.1 Å². The van der Waals surface area contributed by atoms with Gasteiger partial charge in [0.05, 0.1) is 36.0 Å². The van der Waals surface area contributed by atoms with Gasteiger partial charge in [0.2, 0.25) is 0 Å². The third kappa shape index (κ3) is 3.93. The second kappa shape index (κ2) is 8.99. The van der Waals surface area contributed by atoms with Crippen molar-refractivity contribution in [3.63, 3.8) is 0 Å². The predicted molar refractivity (Wildman–Crippen MR) is 127 cm³/mol. The van der Waals surface area contributed by atoms with Crippen molar-refractivity contribution in [2.24, 2.45) is 0 Å². The van der Waals surface area contributed by atoms with Crippen LogP contribution in [0.15, 0.2) is 76.8 Å². The van der Waals surface area contributed by atoms with Crippen LogP contribution in [0.1, 0.15) is 17.2 Å². The van der Waals surface area contributed by atoms with E-state index in [0.29, 0.717) is 32.8 Å². The van der Waals surface area contributed by atoms with Crippen molar-refractivity contribution in [2.45, 2.75) is 6.04 Å². The second-order valence-corrected chi connectivity index (χ2v) is 8.14. The Hall–Kier alpha value is -3.78. The van der Waals surface area contributed by atoms with Gasteiger partial charge in [-0.25, -0.2) is 0 Å². The first-order valence-corrected chi connectivity index (χ1v) is 10.7. The maximum Gasteiger partial charge on any atom is 0.300 e. The van der Waals surface area contributed by atoms with Gasteiger partial charge in [-0.15, -0.1) is 0 Å². The van der Waals surface area contributed by atoms with Gasteiger partial charge < -0.3 is 19.7 Å². The quantitative estimate of drug-likeness (QED) is 0.291. The van der Waals surface area contributed by atoms with Crippen LogP contribution in [-0.2, 0) is 9.59 Å². The Morgan fingerprint density at radius 1 is 0.939 bits per heavy atom. The first-order chi connectivity index (χ1) is 15.9. The van der Waals surface area contributed by atoms with Gasteiger partial charge in [0, 0.05) is 5.56 Å². The van der Waals surface area contributed by atoms with Crippen LogP contribution >= 0.6 is 15.9 Å². The number of hydrogen-bond donors (Lipinski definition) is 2. The fraction of sp³-hybridized carbons (Fsp3) is 0.120. The topological polar surface area (TPSA) is 96.3 Å². The lowest BCUT2D eigenvalue weighted by Gasteiger charge is -2.26. The zero-order chi connectivity index (χ0) is 23.7. The highest BCUT2D eigenvalue weighted by Gasteiger charge is 2.47. The van der Waals surface area contributed by atoms with E-state index in [1.165, 1.54) is 31.3 Å². The molecule has 8 heteroatoms. The van der Waals surface area contributed by atoms with Crippen LogP contribution in [0.3, 0.4) is 0 Å². The number of ether oxygens (including phenoxy) is 2. The monoisotopic (exact) mass is 509 g/mol. The summed E-state index contributed by atoms with van der Waals surface area (Å²) in [6, 6.07) is 16.9. The van der Waals surface area contributed by atoms with E-state index in [2.05, 4.69) is 15.9 Å². The number of anilines is 1. The number of ketones is 1.